The van der Waals surface area contributed by atoms with Crippen molar-refractivity contribution in [2.45, 2.75) is 19.3 Å². The number of hydrogen-bond donors (Lipinski definition) is 0. The van der Waals surface area contributed by atoms with Crippen LogP contribution in [-0.2, 0) is 5.41 Å². The zero-order valence-corrected chi connectivity index (χ0v) is 8.77. The molecule has 0 aliphatic rings. The summed E-state index contributed by atoms with van der Waals surface area (Å²) in [6.45, 7) is 3.25. The van der Waals surface area contributed by atoms with E-state index < -0.39 is 17.0 Å². The number of nitrogens with zero attached hydrogens (tertiary/aromatic N) is 1. The molecule has 0 saturated heterocycles. The first-order valence-electron chi connectivity index (χ1n) is 4.37. The normalized spacial score (nSPS) is 10.9. The van der Waals surface area contributed by atoms with E-state index in [-0.39, 0.29) is 5.75 Å². The number of benzene rings is 1. The fourth-order valence-electron chi connectivity index (χ4n) is 1.14. The Labute approximate surface area is 87.1 Å². The van der Waals surface area contributed by atoms with E-state index in [0.717, 1.165) is 6.07 Å². The zero-order valence-electron chi connectivity index (χ0n) is 8.77. The van der Waals surface area contributed by atoms with Crippen LogP contribution < -0.4 is 4.74 Å². The first-order valence-corrected chi connectivity index (χ1v) is 4.37. The molecule has 0 aromatic heterocycles. The maximum absolute atomic E-state index is 13.1. The van der Waals surface area contributed by atoms with Gasteiger partial charge >= 0.3 is 0 Å². The lowest BCUT2D eigenvalue weighted by Crippen LogP contribution is -2.14. The Hall–Kier alpha value is -1.63. The Morgan fingerprint density at radius 1 is 1.33 bits per heavy atom. The third-order valence-electron chi connectivity index (χ3n) is 2.22. The number of rotatable bonds is 2. The Bertz CT molecular complexity index is 421. The van der Waals surface area contributed by atoms with Gasteiger partial charge in [0.2, 0.25) is 5.82 Å². The van der Waals surface area contributed by atoms with E-state index in [9.17, 15) is 8.78 Å². The highest BCUT2D eigenvalue weighted by Gasteiger charge is 2.23. The van der Waals surface area contributed by atoms with E-state index in [4.69, 9.17) is 5.26 Å². The summed E-state index contributed by atoms with van der Waals surface area (Å²) >= 11 is 0. The van der Waals surface area contributed by atoms with Crippen molar-refractivity contribution in [1.29, 1.82) is 5.26 Å². The number of methoxy groups -OCH3 is 1. The van der Waals surface area contributed by atoms with Gasteiger partial charge in [0.25, 0.3) is 0 Å². The Balaban J connectivity index is 3.36. The van der Waals surface area contributed by atoms with Crippen molar-refractivity contribution >= 4 is 0 Å². The number of halogens is 2. The molecular formula is C11H11F2NO. The zero-order chi connectivity index (χ0) is 11.6. The molecule has 1 aromatic carbocycles. The standard InChI is InChI=1S/C11H11F2NO/c1-11(2,6-14)7-4-8(12)10(13)9(5-7)15-3/h4-5H,1-3H3. The highest BCUT2D eigenvalue weighted by molar-refractivity contribution is 5.38. The molecule has 0 atom stereocenters. The maximum Gasteiger partial charge on any atom is 0.200 e. The molecule has 0 heterocycles. The number of nitriles is 1. The van der Waals surface area contributed by atoms with Gasteiger partial charge in [-0.2, -0.15) is 9.65 Å². The van der Waals surface area contributed by atoms with Gasteiger partial charge < -0.3 is 4.74 Å². The van der Waals surface area contributed by atoms with Gasteiger partial charge in [-0.05, 0) is 31.5 Å². The molecule has 0 N–H and O–H groups in total. The van der Waals surface area contributed by atoms with Crippen LogP contribution in [0.3, 0.4) is 0 Å². The third kappa shape index (κ3) is 2.07. The molecule has 15 heavy (non-hydrogen) atoms. The van der Waals surface area contributed by atoms with Gasteiger partial charge in [0, 0.05) is 0 Å². The molecule has 0 spiro atoms. The van der Waals surface area contributed by atoms with Crippen LogP contribution in [0.15, 0.2) is 12.1 Å². The van der Waals surface area contributed by atoms with Gasteiger partial charge in [-0.25, -0.2) is 4.39 Å². The monoisotopic (exact) mass is 211 g/mol. The van der Waals surface area contributed by atoms with Crippen molar-refractivity contribution in [2.24, 2.45) is 0 Å². The Morgan fingerprint density at radius 2 is 1.93 bits per heavy atom. The third-order valence-corrected chi connectivity index (χ3v) is 2.22. The van der Waals surface area contributed by atoms with Crippen LogP contribution in [0.25, 0.3) is 0 Å². The SMILES string of the molecule is COc1cc(C(C)(C)C#N)cc(F)c1F. The molecule has 80 valence electrons. The second-order valence-electron chi connectivity index (χ2n) is 3.71. The lowest BCUT2D eigenvalue weighted by molar-refractivity contribution is 0.369. The van der Waals surface area contributed by atoms with Gasteiger partial charge in [0.15, 0.2) is 11.6 Å². The molecule has 0 saturated carbocycles. The molecule has 2 nitrogen and oxygen atoms in total. The molecule has 0 fully saturated rings. The van der Waals surface area contributed by atoms with Crippen molar-refractivity contribution in [2.75, 3.05) is 7.11 Å². The highest BCUT2D eigenvalue weighted by Crippen LogP contribution is 2.29. The van der Waals surface area contributed by atoms with E-state index >= 15 is 0 Å². The molecule has 1 aromatic rings. The highest BCUT2D eigenvalue weighted by atomic mass is 19.2. The second kappa shape index (κ2) is 3.85. The lowest BCUT2D eigenvalue weighted by Gasteiger charge is -2.17. The van der Waals surface area contributed by atoms with Crippen LogP contribution in [0.5, 0.6) is 5.75 Å². The van der Waals surface area contributed by atoms with Crippen molar-refractivity contribution in [3.8, 4) is 11.8 Å². The molecule has 0 aliphatic carbocycles. The van der Waals surface area contributed by atoms with E-state index in [2.05, 4.69) is 4.74 Å². The van der Waals surface area contributed by atoms with E-state index in [1.165, 1.54) is 13.2 Å². The topological polar surface area (TPSA) is 33.0 Å². The van der Waals surface area contributed by atoms with Crippen molar-refractivity contribution in [3.05, 3.63) is 29.3 Å². The second-order valence-corrected chi connectivity index (χ2v) is 3.71. The fraction of sp³-hybridized carbons (Fsp3) is 0.364. The lowest BCUT2D eigenvalue weighted by atomic mass is 9.86. The predicted molar refractivity (Wildman–Crippen MR) is 51.5 cm³/mol. The Morgan fingerprint density at radius 3 is 2.40 bits per heavy atom. The maximum atomic E-state index is 13.1. The minimum atomic E-state index is -1.03. The van der Waals surface area contributed by atoms with Crippen LogP contribution in [0, 0.1) is 23.0 Å². The summed E-state index contributed by atoms with van der Waals surface area (Å²) in [6, 6.07) is 4.36. The van der Waals surface area contributed by atoms with Crippen molar-refractivity contribution in [1.82, 2.24) is 0 Å². The van der Waals surface area contributed by atoms with Crippen LogP contribution in [-0.4, -0.2) is 7.11 Å². The molecule has 1 rings (SSSR count). The summed E-state index contributed by atoms with van der Waals surface area (Å²) in [4.78, 5) is 0. The van der Waals surface area contributed by atoms with Crippen molar-refractivity contribution in [3.63, 3.8) is 0 Å². The molecule has 0 bridgehead atoms. The van der Waals surface area contributed by atoms with Gasteiger partial charge in [-0.15, -0.1) is 0 Å². The van der Waals surface area contributed by atoms with Gasteiger partial charge in [0.05, 0.1) is 18.6 Å². The predicted octanol–water partition coefficient (Wildman–Crippen LogP) is 2.77. The molecule has 0 radical (unpaired) electrons. The minimum Gasteiger partial charge on any atom is -0.494 e. The summed E-state index contributed by atoms with van der Waals surface area (Å²) in [7, 11) is 1.25. The van der Waals surface area contributed by atoms with E-state index in [1.54, 1.807) is 13.8 Å². The largest absolute Gasteiger partial charge is 0.494 e. The van der Waals surface area contributed by atoms with Crippen LogP contribution in [0.1, 0.15) is 19.4 Å². The molecule has 0 unspecified atom stereocenters. The number of hydrogen-bond acceptors (Lipinski definition) is 2. The molecule has 4 heteroatoms. The quantitative estimate of drug-likeness (QED) is 0.753. The summed E-state index contributed by atoms with van der Waals surface area (Å²) < 4.78 is 30.9. The smallest absolute Gasteiger partial charge is 0.200 e. The van der Waals surface area contributed by atoms with Gasteiger partial charge in [-0.3, -0.25) is 0 Å². The average Bonchev–Trinajstić information content (AvgIpc) is 2.21. The summed E-state index contributed by atoms with van der Waals surface area (Å²) in [5.74, 6) is -2.23. The minimum absolute atomic E-state index is 0.187. The fourth-order valence-corrected chi connectivity index (χ4v) is 1.14. The van der Waals surface area contributed by atoms with Crippen LogP contribution >= 0.6 is 0 Å². The van der Waals surface area contributed by atoms with Crippen LogP contribution in [0.2, 0.25) is 0 Å². The first kappa shape index (κ1) is 11.4. The molecular weight excluding hydrogens is 200 g/mol. The average molecular weight is 211 g/mol. The van der Waals surface area contributed by atoms with Gasteiger partial charge in [-0.1, -0.05) is 0 Å². The first-order chi connectivity index (χ1) is 6.92. The van der Waals surface area contributed by atoms with Gasteiger partial charge in [0.1, 0.15) is 0 Å². The van der Waals surface area contributed by atoms with Crippen molar-refractivity contribution < 1.29 is 13.5 Å². The van der Waals surface area contributed by atoms with Crippen LogP contribution in [0.4, 0.5) is 8.78 Å². The molecule has 0 aliphatic heterocycles. The molecule has 0 amide bonds. The number of ether oxygens (including phenoxy) is 1. The summed E-state index contributed by atoms with van der Waals surface area (Å²) in [5.41, 5.74) is -0.484. The van der Waals surface area contributed by atoms with E-state index in [0.29, 0.717) is 5.56 Å². The van der Waals surface area contributed by atoms with E-state index in [1.807, 2.05) is 6.07 Å². The summed E-state index contributed by atoms with van der Waals surface area (Å²) in [5, 5.41) is 8.86. The Kier molecular flexibility index (Phi) is 2.94. The summed E-state index contributed by atoms with van der Waals surface area (Å²) in [6.07, 6.45) is 0.